The lowest BCUT2D eigenvalue weighted by Gasteiger charge is -2.08. The van der Waals surface area contributed by atoms with Gasteiger partial charge in [0.1, 0.15) is 0 Å². The molecule has 0 aliphatic carbocycles. The first-order chi connectivity index (χ1) is 8.43. The molecule has 6 nitrogen and oxygen atoms in total. The molecule has 0 fully saturated rings. The number of carbonyl (C=O) groups is 2. The molecule has 0 atom stereocenters. The normalized spacial score (nSPS) is 10.7. The molecule has 0 unspecified atom stereocenters. The second kappa shape index (κ2) is 6.18. The van der Waals surface area contributed by atoms with E-state index in [4.69, 9.17) is 5.11 Å². The molecule has 1 heterocycles. The van der Waals surface area contributed by atoms with E-state index < -0.39 is 5.97 Å². The number of carboxylic acid groups (broad SMARTS) is 1. The molecule has 1 rings (SSSR count). The first kappa shape index (κ1) is 14.2. The van der Waals surface area contributed by atoms with Crippen LogP contribution < -0.4 is 5.32 Å². The molecule has 1 aromatic rings. The summed E-state index contributed by atoms with van der Waals surface area (Å²) in [5.74, 6) is -1.06. The average Bonchev–Trinajstić information content (AvgIpc) is 2.66. The summed E-state index contributed by atoms with van der Waals surface area (Å²) in [6.07, 6.45) is 2.03. The minimum Gasteiger partial charge on any atom is -0.481 e. The quantitative estimate of drug-likeness (QED) is 0.750. The van der Waals surface area contributed by atoms with Gasteiger partial charge in [-0.05, 0) is 27.2 Å². The number of nitrogens with one attached hydrogen (secondary N) is 1. The number of nitrogens with zero attached hydrogens (tertiary/aromatic N) is 2. The molecule has 0 spiro atoms. The minimum atomic E-state index is -0.854. The summed E-state index contributed by atoms with van der Waals surface area (Å²) in [4.78, 5) is 22.2. The fraction of sp³-hybridized carbons (Fsp3) is 0.583. The molecule has 18 heavy (non-hydrogen) atoms. The topological polar surface area (TPSA) is 84.2 Å². The molecule has 0 saturated heterocycles. The second-order valence-corrected chi connectivity index (χ2v) is 4.44. The fourth-order valence-electron chi connectivity index (χ4n) is 1.70. The van der Waals surface area contributed by atoms with E-state index in [0.717, 1.165) is 5.69 Å². The summed E-state index contributed by atoms with van der Waals surface area (Å²) in [5.41, 5.74) is 1.36. The SMILES string of the molecule is Cc1c(C(=O)NCCCC(=O)O)cnn1C(C)C. The van der Waals surface area contributed by atoms with E-state index in [2.05, 4.69) is 10.4 Å². The molecule has 0 saturated carbocycles. The van der Waals surface area contributed by atoms with Crippen LogP contribution in [0.1, 0.15) is 48.8 Å². The first-order valence-electron chi connectivity index (χ1n) is 5.97. The maximum absolute atomic E-state index is 11.8. The van der Waals surface area contributed by atoms with Crippen LogP contribution in [0.4, 0.5) is 0 Å². The number of rotatable bonds is 6. The van der Waals surface area contributed by atoms with Crippen LogP contribution in [-0.2, 0) is 4.79 Å². The molecule has 0 bridgehead atoms. The molecule has 1 amide bonds. The van der Waals surface area contributed by atoms with Gasteiger partial charge in [-0.2, -0.15) is 5.10 Å². The Morgan fingerprint density at radius 1 is 1.50 bits per heavy atom. The summed E-state index contributed by atoms with van der Waals surface area (Å²) in [5, 5.41) is 15.3. The van der Waals surface area contributed by atoms with Gasteiger partial charge in [0, 0.05) is 24.7 Å². The Kier molecular flexibility index (Phi) is 4.88. The molecule has 0 aliphatic rings. The van der Waals surface area contributed by atoms with Gasteiger partial charge in [0.25, 0.3) is 5.91 Å². The van der Waals surface area contributed by atoms with Gasteiger partial charge in [-0.3, -0.25) is 14.3 Å². The smallest absolute Gasteiger partial charge is 0.303 e. The van der Waals surface area contributed by atoms with Crippen LogP contribution in [0.25, 0.3) is 0 Å². The Balaban J connectivity index is 2.54. The number of hydrogen-bond donors (Lipinski definition) is 2. The predicted molar refractivity (Wildman–Crippen MR) is 66.6 cm³/mol. The Labute approximate surface area is 106 Å². The van der Waals surface area contributed by atoms with Crippen molar-refractivity contribution >= 4 is 11.9 Å². The van der Waals surface area contributed by atoms with Crippen molar-refractivity contribution in [1.29, 1.82) is 0 Å². The first-order valence-corrected chi connectivity index (χ1v) is 5.97. The third-order valence-corrected chi connectivity index (χ3v) is 2.63. The van der Waals surface area contributed by atoms with Crippen molar-refractivity contribution in [3.63, 3.8) is 0 Å². The highest BCUT2D eigenvalue weighted by atomic mass is 16.4. The Bertz CT molecular complexity index is 438. The summed E-state index contributed by atoms with van der Waals surface area (Å²) in [6.45, 7) is 6.19. The van der Waals surface area contributed by atoms with E-state index in [1.807, 2.05) is 20.8 Å². The zero-order valence-corrected chi connectivity index (χ0v) is 10.9. The maximum atomic E-state index is 11.8. The monoisotopic (exact) mass is 253 g/mol. The minimum absolute atomic E-state index is 0.0600. The lowest BCUT2D eigenvalue weighted by atomic mass is 10.2. The van der Waals surface area contributed by atoms with Crippen molar-refractivity contribution in [2.24, 2.45) is 0 Å². The molecular formula is C12H19N3O3. The van der Waals surface area contributed by atoms with Gasteiger partial charge < -0.3 is 10.4 Å². The lowest BCUT2D eigenvalue weighted by Crippen LogP contribution is -2.25. The fourth-order valence-corrected chi connectivity index (χ4v) is 1.70. The van der Waals surface area contributed by atoms with Gasteiger partial charge in [0.05, 0.1) is 11.8 Å². The Morgan fingerprint density at radius 2 is 2.17 bits per heavy atom. The van der Waals surface area contributed by atoms with Crippen molar-refractivity contribution in [1.82, 2.24) is 15.1 Å². The van der Waals surface area contributed by atoms with Crippen LogP contribution in [0.3, 0.4) is 0 Å². The van der Waals surface area contributed by atoms with E-state index >= 15 is 0 Å². The molecule has 0 radical (unpaired) electrons. The predicted octanol–water partition coefficient (Wildman–Crippen LogP) is 1.37. The number of amides is 1. The highest BCUT2D eigenvalue weighted by Crippen LogP contribution is 2.12. The Morgan fingerprint density at radius 3 is 2.67 bits per heavy atom. The summed E-state index contributed by atoms with van der Waals surface area (Å²) in [7, 11) is 0. The van der Waals surface area contributed by atoms with Gasteiger partial charge in [0.15, 0.2) is 0 Å². The number of aromatic nitrogens is 2. The summed E-state index contributed by atoms with van der Waals surface area (Å²) < 4.78 is 1.78. The molecule has 0 aliphatic heterocycles. The van der Waals surface area contributed by atoms with Crippen molar-refractivity contribution in [2.75, 3.05) is 6.54 Å². The Hall–Kier alpha value is -1.85. The van der Waals surface area contributed by atoms with E-state index in [1.165, 1.54) is 0 Å². The van der Waals surface area contributed by atoms with E-state index in [1.54, 1.807) is 10.9 Å². The van der Waals surface area contributed by atoms with Crippen molar-refractivity contribution < 1.29 is 14.7 Å². The largest absolute Gasteiger partial charge is 0.481 e. The van der Waals surface area contributed by atoms with Gasteiger partial charge in [-0.25, -0.2) is 0 Å². The zero-order chi connectivity index (χ0) is 13.7. The van der Waals surface area contributed by atoms with Gasteiger partial charge >= 0.3 is 5.97 Å². The molecular weight excluding hydrogens is 234 g/mol. The van der Waals surface area contributed by atoms with Crippen molar-refractivity contribution in [3.05, 3.63) is 17.5 Å². The van der Waals surface area contributed by atoms with Crippen LogP contribution in [-0.4, -0.2) is 33.3 Å². The van der Waals surface area contributed by atoms with E-state index in [-0.39, 0.29) is 18.4 Å². The number of hydrogen-bond acceptors (Lipinski definition) is 3. The number of carbonyl (C=O) groups excluding carboxylic acids is 1. The van der Waals surface area contributed by atoms with Crippen molar-refractivity contribution in [3.8, 4) is 0 Å². The highest BCUT2D eigenvalue weighted by Gasteiger charge is 2.14. The number of carboxylic acids is 1. The molecule has 100 valence electrons. The van der Waals surface area contributed by atoms with Crippen LogP contribution >= 0.6 is 0 Å². The van der Waals surface area contributed by atoms with E-state index in [0.29, 0.717) is 18.5 Å². The van der Waals surface area contributed by atoms with Crippen LogP contribution in [0.5, 0.6) is 0 Å². The van der Waals surface area contributed by atoms with Crippen LogP contribution in [0, 0.1) is 6.92 Å². The molecule has 2 N–H and O–H groups in total. The number of aliphatic carboxylic acids is 1. The average molecular weight is 253 g/mol. The zero-order valence-electron chi connectivity index (χ0n) is 10.9. The maximum Gasteiger partial charge on any atom is 0.303 e. The van der Waals surface area contributed by atoms with Crippen LogP contribution in [0.15, 0.2) is 6.20 Å². The van der Waals surface area contributed by atoms with Gasteiger partial charge in [-0.1, -0.05) is 0 Å². The third kappa shape index (κ3) is 3.58. The highest BCUT2D eigenvalue weighted by molar-refractivity contribution is 5.95. The molecule has 0 aromatic carbocycles. The second-order valence-electron chi connectivity index (χ2n) is 4.44. The third-order valence-electron chi connectivity index (χ3n) is 2.63. The van der Waals surface area contributed by atoms with Crippen molar-refractivity contribution in [2.45, 2.75) is 39.7 Å². The molecule has 1 aromatic heterocycles. The standard InChI is InChI=1S/C12H19N3O3/c1-8(2)15-9(3)10(7-14-15)12(18)13-6-4-5-11(16)17/h7-8H,4-6H2,1-3H3,(H,13,18)(H,16,17). The summed E-state index contributed by atoms with van der Waals surface area (Å²) >= 11 is 0. The summed E-state index contributed by atoms with van der Waals surface area (Å²) in [6, 6.07) is 0.207. The van der Waals surface area contributed by atoms with Crippen LogP contribution in [0.2, 0.25) is 0 Å². The molecule has 6 heteroatoms. The lowest BCUT2D eigenvalue weighted by molar-refractivity contribution is -0.137. The van der Waals surface area contributed by atoms with E-state index in [9.17, 15) is 9.59 Å². The van der Waals surface area contributed by atoms with Gasteiger partial charge in [-0.15, -0.1) is 0 Å². The van der Waals surface area contributed by atoms with Gasteiger partial charge in [0.2, 0.25) is 0 Å².